The predicted octanol–water partition coefficient (Wildman–Crippen LogP) is 1.22. The quantitative estimate of drug-likeness (QED) is 0.897. The van der Waals surface area contributed by atoms with Crippen LogP contribution in [0.2, 0.25) is 0 Å². The van der Waals surface area contributed by atoms with E-state index in [2.05, 4.69) is 0 Å². The second-order valence-electron chi connectivity index (χ2n) is 6.01. The van der Waals surface area contributed by atoms with Gasteiger partial charge in [0.1, 0.15) is 0 Å². The number of rotatable bonds is 4. The molecule has 0 saturated carbocycles. The van der Waals surface area contributed by atoms with Crippen LogP contribution in [-0.2, 0) is 16.0 Å². The summed E-state index contributed by atoms with van der Waals surface area (Å²) >= 11 is 0. The minimum Gasteiger partial charge on any atom is -0.339 e. The van der Waals surface area contributed by atoms with Crippen LogP contribution in [0.15, 0.2) is 24.3 Å². The van der Waals surface area contributed by atoms with E-state index in [9.17, 15) is 9.59 Å². The van der Waals surface area contributed by atoms with Gasteiger partial charge < -0.3 is 15.5 Å². The van der Waals surface area contributed by atoms with E-state index < -0.39 is 0 Å². The molecular weight excluding hydrogens is 314 g/mol. The third-order valence-electron chi connectivity index (χ3n) is 4.20. The average molecular weight is 340 g/mol. The number of nitrogens with two attached hydrogens (primary N) is 1. The van der Waals surface area contributed by atoms with E-state index in [0.717, 1.165) is 5.56 Å². The summed E-state index contributed by atoms with van der Waals surface area (Å²) < 4.78 is 0. The fourth-order valence-electron chi connectivity index (χ4n) is 2.58. The van der Waals surface area contributed by atoms with Gasteiger partial charge in [-0.1, -0.05) is 36.8 Å². The Morgan fingerprint density at radius 1 is 1.09 bits per heavy atom. The van der Waals surface area contributed by atoms with Crippen LogP contribution in [0, 0.1) is 12.8 Å². The van der Waals surface area contributed by atoms with Gasteiger partial charge in [0.2, 0.25) is 11.8 Å². The molecule has 0 aliphatic carbocycles. The van der Waals surface area contributed by atoms with Crippen molar-refractivity contribution in [3.63, 3.8) is 0 Å². The molecule has 2 amide bonds. The zero-order valence-electron chi connectivity index (χ0n) is 13.8. The van der Waals surface area contributed by atoms with Gasteiger partial charge >= 0.3 is 0 Å². The fraction of sp³-hybridized carbons (Fsp3) is 0.529. The molecule has 23 heavy (non-hydrogen) atoms. The van der Waals surface area contributed by atoms with Crippen LogP contribution in [0.3, 0.4) is 0 Å². The van der Waals surface area contributed by atoms with E-state index in [1.807, 2.05) is 47.9 Å². The van der Waals surface area contributed by atoms with Gasteiger partial charge in [-0.3, -0.25) is 9.59 Å². The maximum Gasteiger partial charge on any atom is 0.227 e. The van der Waals surface area contributed by atoms with Crippen molar-refractivity contribution in [2.24, 2.45) is 11.7 Å². The van der Waals surface area contributed by atoms with Crippen LogP contribution in [0.4, 0.5) is 0 Å². The summed E-state index contributed by atoms with van der Waals surface area (Å²) in [5, 5.41) is 0. The van der Waals surface area contributed by atoms with Crippen LogP contribution in [0.1, 0.15) is 18.1 Å². The van der Waals surface area contributed by atoms with E-state index in [4.69, 9.17) is 5.73 Å². The number of hydrogen-bond donors (Lipinski definition) is 1. The first kappa shape index (κ1) is 19.5. The highest BCUT2D eigenvalue weighted by molar-refractivity contribution is 5.85. The number of nitrogens with zero attached hydrogens (tertiary/aromatic N) is 2. The number of piperazine rings is 1. The zero-order chi connectivity index (χ0) is 16.1. The van der Waals surface area contributed by atoms with Crippen molar-refractivity contribution in [2.75, 3.05) is 32.7 Å². The van der Waals surface area contributed by atoms with E-state index in [1.165, 1.54) is 5.56 Å². The number of amides is 2. The average Bonchev–Trinajstić information content (AvgIpc) is 2.55. The standard InChI is InChI=1S/C17H25N3O2.ClH/c1-13-3-5-15(6-4-13)11-16(21)19-7-9-20(10-8-19)17(22)14(2)12-18;/h3-6,14H,7-12,18H2,1-2H3;1H. The molecule has 0 aromatic heterocycles. The lowest BCUT2D eigenvalue weighted by Crippen LogP contribution is -2.52. The van der Waals surface area contributed by atoms with E-state index in [-0.39, 0.29) is 30.1 Å². The van der Waals surface area contributed by atoms with Gasteiger partial charge in [-0.2, -0.15) is 0 Å². The number of hydrogen-bond acceptors (Lipinski definition) is 3. The number of benzene rings is 1. The van der Waals surface area contributed by atoms with Crippen LogP contribution in [0.25, 0.3) is 0 Å². The first-order valence-electron chi connectivity index (χ1n) is 7.83. The van der Waals surface area contributed by atoms with Crippen molar-refractivity contribution in [2.45, 2.75) is 20.3 Å². The number of halogens is 1. The molecule has 1 saturated heterocycles. The summed E-state index contributed by atoms with van der Waals surface area (Å²) in [6.07, 6.45) is 0.424. The van der Waals surface area contributed by atoms with Crippen molar-refractivity contribution < 1.29 is 9.59 Å². The highest BCUT2D eigenvalue weighted by atomic mass is 35.5. The summed E-state index contributed by atoms with van der Waals surface area (Å²) in [5.74, 6) is 0.0748. The topological polar surface area (TPSA) is 66.6 Å². The Bertz CT molecular complexity index is 525. The summed E-state index contributed by atoms with van der Waals surface area (Å²) in [4.78, 5) is 28.0. The summed E-state index contributed by atoms with van der Waals surface area (Å²) in [6, 6.07) is 8.03. The molecular formula is C17H26ClN3O2. The molecule has 1 aliphatic heterocycles. The van der Waals surface area contributed by atoms with Crippen molar-refractivity contribution in [1.82, 2.24) is 9.80 Å². The Kier molecular flexibility index (Phi) is 7.52. The van der Waals surface area contributed by atoms with Crippen molar-refractivity contribution in [3.8, 4) is 0 Å². The number of carbonyl (C=O) groups is 2. The minimum atomic E-state index is -0.144. The lowest BCUT2D eigenvalue weighted by atomic mass is 10.1. The Balaban J connectivity index is 0.00000264. The van der Waals surface area contributed by atoms with Crippen molar-refractivity contribution in [1.29, 1.82) is 0 Å². The highest BCUT2D eigenvalue weighted by Crippen LogP contribution is 2.10. The largest absolute Gasteiger partial charge is 0.339 e. The molecule has 0 spiro atoms. The molecule has 1 aromatic carbocycles. The normalized spacial score (nSPS) is 15.8. The molecule has 0 radical (unpaired) electrons. The first-order valence-corrected chi connectivity index (χ1v) is 7.83. The van der Waals surface area contributed by atoms with Crippen molar-refractivity contribution >= 4 is 24.2 Å². The van der Waals surface area contributed by atoms with Gasteiger partial charge in [-0.25, -0.2) is 0 Å². The van der Waals surface area contributed by atoms with Gasteiger partial charge in [-0.15, -0.1) is 12.4 Å². The molecule has 0 bridgehead atoms. The van der Waals surface area contributed by atoms with E-state index in [0.29, 0.717) is 39.1 Å². The van der Waals surface area contributed by atoms with Crippen LogP contribution in [-0.4, -0.2) is 54.3 Å². The monoisotopic (exact) mass is 339 g/mol. The maximum atomic E-state index is 12.3. The second kappa shape index (κ2) is 8.89. The highest BCUT2D eigenvalue weighted by Gasteiger charge is 2.26. The van der Waals surface area contributed by atoms with Crippen LogP contribution < -0.4 is 5.73 Å². The molecule has 128 valence electrons. The van der Waals surface area contributed by atoms with Gasteiger partial charge in [0.15, 0.2) is 0 Å². The first-order chi connectivity index (χ1) is 10.5. The summed E-state index contributed by atoms with van der Waals surface area (Å²) in [7, 11) is 0. The molecule has 2 rings (SSSR count). The fourth-order valence-corrected chi connectivity index (χ4v) is 2.58. The molecule has 1 aliphatic rings. The number of carbonyl (C=O) groups excluding carboxylic acids is 2. The molecule has 6 heteroatoms. The van der Waals surface area contributed by atoms with Gasteiger partial charge in [0.05, 0.1) is 6.42 Å². The van der Waals surface area contributed by atoms with E-state index in [1.54, 1.807) is 0 Å². The molecule has 1 aromatic rings. The Morgan fingerprint density at radius 2 is 1.61 bits per heavy atom. The molecule has 1 fully saturated rings. The smallest absolute Gasteiger partial charge is 0.227 e. The lowest BCUT2D eigenvalue weighted by Gasteiger charge is -2.36. The third kappa shape index (κ3) is 5.22. The van der Waals surface area contributed by atoms with E-state index >= 15 is 0 Å². The van der Waals surface area contributed by atoms with Crippen LogP contribution in [0.5, 0.6) is 0 Å². The van der Waals surface area contributed by atoms with Gasteiger partial charge in [-0.05, 0) is 12.5 Å². The lowest BCUT2D eigenvalue weighted by molar-refractivity contribution is -0.141. The molecule has 5 nitrogen and oxygen atoms in total. The van der Waals surface area contributed by atoms with Crippen LogP contribution >= 0.6 is 12.4 Å². The van der Waals surface area contributed by atoms with Gasteiger partial charge in [0, 0.05) is 38.6 Å². The summed E-state index contributed by atoms with van der Waals surface area (Å²) in [6.45, 7) is 6.65. The summed E-state index contributed by atoms with van der Waals surface area (Å²) in [5.41, 5.74) is 7.76. The molecule has 1 heterocycles. The Hall–Kier alpha value is -1.59. The third-order valence-corrected chi connectivity index (χ3v) is 4.20. The molecule has 1 atom stereocenters. The Morgan fingerprint density at radius 3 is 2.13 bits per heavy atom. The minimum absolute atomic E-state index is 0. The van der Waals surface area contributed by atoms with Gasteiger partial charge in [0.25, 0.3) is 0 Å². The zero-order valence-corrected chi connectivity index (χ0v) is 14.6. The SMILES string of the molecule is Cc1ccc(CC(=O)N2CCN(C(=O)C(C)CN)CC2)cc1.Cl. The molecule has 2 N–H and O–H groups in total. The molecule has 1 unspecified atom stereocenters. The predicted molar refractivity (Wildman–Crippen MR) is 93.5 cm³/mol. The Labute approximate surface area is 144 Å². The number of aryl methyl sites for hydroxylation is 1. The second-order valence-corrected chi connectivity index (χ2v) is 6.01. The van der Waals surface area contributed by atoms with Crippen molar-refractivity contribution in [3.05, 3.63) is 35.4 Å². The maximum absolute atomic E-state index is 12.3.